The Morgan fingerprint density at radius 3 is 2.32 bits per heavy atom. The molecule has 0 saturated carbocycles. The van der Waals surface area contributed by atoms with E-state index in [4.69, 9.17) is 11.6 Å². The molecule has 3 N–H and O–H groups in total. The van der Waals surface area contributed by atoms with Crippen LogP contribution in [0, 0.1) is 23.3 Å². The molecule has 3 amide bonds. The predicted octanol–water partition coefficient (Wildman–Crippen LogP) is 4.86. The van der Waals surface area contributed by atoms with Crippen molar-refractivity contribution in [2.24, 2.45) is 0 Å². The number of carbonyl (C=O) groups excluding carboxylic acids is 2. The molecule has 200 valence electrons. The molecule has 0 bridgehead atoms. The Hall–Kier alpha value is -3.84. The van der Waals surface area contributed by atoms with Gasteiger partial charge in [-0.2, -0.15) is 0 Å². The van der Waals surface area contributed by atoms with Gasteiger partial charge in [-0.1, -0.05) is 29.8 Å². The largest absolute Gasteiger partial charge is 0.326 e. The number of hydrogen-bond donors (Lipinski definition) is 3. The molecule has 0 aliphatic carbocycles. The summed E-state index contributed by atoms with van der Waals surface area (Å²) in [5, 5.41) is 4.00. The van der Waals surface area contributed by atoms with Crippen LogP contribution in [-0.4, -0.2) is 39.2 Å². The smallest absolute Gasteiger partial charge is 0.320 e. The second kappa shape index (κ2) is 10.5. The van der Waals surface area contributed by atoms with Gasteiger partial charge in [0, 0.05) is 22.7 Å². The van der Waals surface area contributed by atoms with Gasteiger partial charge < -0.3 is 15.5 Å². The zero-order valence-electron chi connectivity index (χ0n) is 19.5. The van der Waals surface area contributed by atoms with Gasteiger partial charge in [-0.3, -0.25) is 9.52 Å². The van der Waals surface area contributed by atoms with Crippen LogP contribution in [0.15, 0.2) is 48.5 Å². The second-order valence-electron chi connectivity index (χ2n) is 8.35. The van der Waals surface area contributed by atoms with E-state index < -0.39 is 62.6 Å². The van der Waals surface area contributed by atoms with Crippen LogP contribution in [0.4, 0.5) is 39.4 Å². The SMILES string of the molecule is CS(=O)(=O)Nc1ccccc1-c1ccc(N2CCC(NC(=O)Nc3c(F)cc(Cl)cc3F)C2=O)c(F)c1F. The highest BCUT2D eigenvalue weighted by molar-refractivity contribution is 7.92. The van der Waals surface area contributed by atoms with E-state index in [1.807, 2.05) is 5.32 Å². The average molecular weight is 571 g/mol. The van der Waals surface area contributed by atoms with Crippen molar-refractivity contribution in [2.75, 3.05) is 27.7 Å². The van der Waals surface area contributed by atoms with Gasteiger partial charge in [0.05, 0.1) is 17.6 Å². The Bertz CT molecular complexity index is 1530. The van der Waals surface area contributed by atoms with Crippen molar-refractivity contribution in [1.82, 2.24) is 5.32 Å². The third-order valence-corrected chi connectivity index (χ3v) is 6.43. The Kier molecular flexibility index (Phi) is 7.51. The van der Waals surface area contributed by atoms with Gasteiger partial charge in [0.25, 0.3) is 0 Å². The maximum Gasteiger partial charge on any atom is 0.320 e. The molecule has 1 aliphatic rings. The summed E-state index contributed by atoms with van der Waals surface area (Å²) in [7, 11) is -3.71. The van der Waals surface area contributed by atoms with Crippen LogP contribution in [0.25, 0.3) is 11.1 Å². The normalized spacial score (nSPS) is 15.5. The minimum atomic E-state index is -3.71. The molecule has 8 nitrogen and oxygen atoms in total. The van der Waals surface area contributed by atoms with Crippen LogP contribution in [-0.2, 0) is 14.8 Å². The van der Waals surface area contributed by atoms with Crippen molar-refractivity contribution < 1.29 is 35.6 Å². The number of carbonyl (C=O) groups is 2. The van der Waals surface area contributed by atoms with Crippen molar-refractivity contribution >= 4 is 50.6 Å². The van der Waals surface area contributed by atoms with Crippen molar-refractivity contribution in [3.8, 4) is 11.1 Å². The maximum absolute atomic E-state index is 15.1. The number of anilines is 3. The molecule has 1 aliphatic heterocycles. The molecule has 3 aromatic carbocycles. The fourth-order valence-corrected chi connectivity index (χ4v) is 4.75. The topological polar surface area (TPSA) is 108 Å². The molecule has 4 rings (SSSR count). The molecule has 1 saturated heterocycles. The summed E-state index contributed by atoms with van der Waals surface area (Å²) in [5.74, 6) is -5.71. The van der Waals surface area contributed by atoms with E-state index in [0.29, 0.717) is 0 Å². The first kappa shape index (κ1) is 27.2. The Balaban J connectivity index is 1.53. The summed E-state index contributed by atoms with van der Waals surface area (Å²) in [5.41, 5.74) is -1.31. The maximum atomic E-state index is 15.1. The number of benzene rings is 3. The monoisotopic (exact) mass is 570 g/mol. The molecule has 38 heavy (non-hydrogen) atoms. The lowest BCUT2D eigenvalue weighted by molar-refractivity contribution is -0.118. The zero-order valence-corrected chi connectivity index (χ0v) is 21.1. The first-order valence-electron chi connectivity index (χ1n) is 10.9. The van der Waals surface area contributed by atoms with Crippen LogP contribution in [0.5, 0.6) is 0 Å². The number of sulfonamides is 1. The number of para-hydroxylation sites is 1. The number of urea groups is 1. The van der Waals surface area contributed by atoms with Gasteiger partial charge in [-0.15, -0.1) is 0 Å². The van der Waals surface area contributed by atoms with E-state index in [-0.39, 0.29) is 34.8 Å². The van der Waals surface area contributed by atoms with Crippen LogP contribution < -0.4 is 20.3 Å². The second-order valence-corrected chi connectivity index (χ2v) is 10.5. The highest BCUT2D eigenvalue weighted by Crippen LogP contribution is 2.36. The lowest BCUT2D eigenvalue weighted by Gasteiger charge is -2.20. The van der Waals surface area contributed by atoms with Crippen LogP contribution >= 0.6 is 11.6 Å². The minimum Gasteiger partial charge on any atom is -0.326 e. The molecule has 3 aromatic rings. The molecule has 1 atom stereocenters. The first-order valence-corrected chi connectivity index (χ1v) is 13.2. The number of amides is 3. The molecule has 1 unspecified atom stereocenters. The number of hydrogen-bond acceptors (Lipinski definition) is 4. The quantitative estimate of drug-likeness (QED) is 0.368. The number of rotatable bonds is 6. The van der Waals surface area contributed by atoms with Crippen LogP contribution in [0.2, 0.25) is 5.02 Å². The van der Waals surface area contributed by atoms with Gasteiger partial charge in [0.1, 0.15) is 11.7 Å². The Morgan fingerprint density at radius 2 is 1.66 bits per heavy atom. The van der Waals surface area contributed by atoms with Gasteiger partial charge in [-0.05, 0) is 36.8 Å². The number of nitrogens with zero attached hydrogens (tertiary/aromatic N) is 1. The Labute approximate surface area is 219 Å². The van der Waals surface area contributed by atoms with Crippen molar-refractivity contribution in [2.45, 2.75) is 12.5 Å². The zero-order chi connectivity index (χ0) is 27.8. The number of halogens is 5. The van der Waals surface area contributed by atoms with Crippen molar-refractivity contribution in [1.29, 1.82) is 0 Å². The summed E-state index contributed by atoms with van der Waals surface area (Å²) in [4.78, 5) is 26.0. The molecular formula is C24H19ClF4N4O4S. The Morgan fingerprint density at radius 1 is 1.00 bits per heavy atom. The van der Waals surface area contributed by atoms with Gasteiger partial charge in [0.15, 0.2) is 23.3 Å². The summed E-state index contributed by atoms with van der Waals surface area (Å²) in [6.45, 7) is -0.0879. The summed E-state index contributed by atoms with van der Waals surface area (Å²) >= 11 is 5.55. The van der Waals surface area contributed by atoms with Crippen LogP contribution in [0.3, 0.4) is 0 Å². The summed E-state index contributed by atoms with van der Waals surface area (Å²) < 4.78 is 83.7. The third-order valence-electron chi connectivity index (χ3n) is 5.62. The lowest BCUT2D eigenvalue weighted by Crippen LogP contribution is -2.43. The van der Waals surface area contributed by atoms with Gasteiger partial charge in [0.2, 0.25) is 15.9 Å². The van der Waals surface area contributed by atoms with E-state index in [1.165, 1.54) is 30.3 Å². The highest BCUT2D eigenvalue weighted by atomic mass is 35.5. The molecule has 1 fully saturated rings. The summed E-state index contributed by atoms with van der Waals surface area (Å²) in [6.07, 6.45) is 0.914. The summed E-state index contributed by atoms with van der Waals surface area (Å²) in [6, 6.07) is 7.47. The molecule has 14 heteroatoms. The number of nitrogens with one attached hydrogen (secondary N) is 3. The van der Waals surface area contributed by atoms with E-state index >= 15 is 8.78 Å². The van der Waals surface area contributed by atoms with Crippen molar-refractivity contribution in [3.63, 3.8) is 0 Å². The van der Waals surface area contributed by atoms with Crippen LogP contribution in [0.1, 0.15) is 6.42 Å². The molecule has 0 aromatic heterocycles. The third kappa shape index (κ3) is 5.68. The molecule has 0 spiro atoms. The fraction of sp³-hybridized carbons (Fsp3) is 0.167. The predicted molar refractivity (Wildman–Crippen MR) is 135 cm³/mol. The highest BCUT2D eigenvalue weighted by Gasteiger charge is 2.36. The average Bonchev–Trinajstić information content (AvgIpc) is 3.17. The fourth-order valence-electron chi connectivity index (χ4n) is 3.98. The standard InChI is InChI=1S/C24H19ClF4N4O4S/c1-38(36,37)32-17-5-3-2-4-13(17)14-6-7-19(21(29)20(14)28)33-9-8-18(23(33)34)30-24(35)31-22-15(26)10-12(25)11-16(22)27/h2-7,10-11,18,32H,8-9H2,1H3,(H2,30,31,35). The first-order chi connectivity index (χ1) is 17.9. The van der Waals surface area contributed by atoms with Gasteiger partial charge >= 0.3 is 6.03 Å². The van der Waals surface area contributed by atoms with E-state index in [1.54, 1.807) is 0 Å². The lowest BCUT2D eigenvalue weighted by atomic mass is 10.0. The van der Waals surface area contributed by atoms with E-state index in [2.05, 4.69) is 10.0 Å². The molecular weight excluding hydrogens is 552 g/mol. The van der Waals surface area contributed by atoms with E-state index in [9.17, 15) is 26.8 Å². The van der Waals surface area contributed by atoms with E-state index in [0.717, 1.165) is 29.4 Å². The molecule has 0 radical (unpaired) electrons. The minimum absolute atomic E-state index is 0.00174. The van der Waals surface area contributed by atoms with Crippen molar-refractivity contribution in [3.05, 3.63) is 76.8 Å². The van der Waals surface area contributed by atoms with Gasteiger partial charge in [-0.25, -0.2) is 30.8 Å². The molecule has 1 heterocycles.